The first-order chi connectivity index (χ1) is 10.2. The van der Waals surface area contributed by atoms with Gasteiger partial charge in [-0.05, 0) is 46.8 Å². The number of methoxy groups -OCH3 is 1. The first-order valence-corrected chi connectivity index (χ1v) is 6.17. The fraction of sp³-hybridized carbons (Fsp3) is 0.0714. The van der Waals surface area contributed by atoms with E-state index < -0.39 is 0 Å². The molecule has 0 amide bonds. The summed E-state index contributed by atoms with van der Waals surface area (Å²) in [6, 6.07) is 11.1. The summed E-state index contributed by atoms with van der Waals surface area (Å²) in [4.78, 5) is 0. The van der Waals surface area contributed by atoms with Gasteiger partial charge in [0, 0.05) is 11.8 Å². The first kappa shape index (κ1) is 13.0. The van der Waals surface area contributed by atoms with Crippen molar-refractivity contribution in [3.63, 3.8) is 0 Å². The Morgan fingerprint density at radius 3 is 2.62 bits per heavy atom. The van der Waals surface area contributed by atoms with E-state index in [1.165, 1.54) is 16.8 Å². The van der Waals surface area contributed by atoms with Gasteiger partial charge in [0.2, 0.25) is 0 Å². The second kappa shape index (κ2) is 5.20. The molecule has 106 valence electrons. The number of nitrogens with zero attached hydrogens (tertiary/aromatic N) is 4. The Labute approximate surface area is 120 Å². The maximum Gasteiger partial charge on any atom is 0.190 e. The van der Waals surface area contributed by atoms with Crippen LogP contribution in [0.3, 0.4) is 0 Å². The lowest BCUT2D eigenvalue weighted by atomic mass is 10.1. The molecular formula is C14H12FN5O. The second-order valence-corrected chi connectivity index (χ2v) is 4.35. The van der Waals surface area contributed by atoms with Crippen molar-refractivity contribution in [3.05, 3.63) is 48.3 Å². The van der Waals surface area contributed by atoms with Crippen molar-refractivity contribution in [1.29, 1.82) is 0 Å². The van der Waals surface area contributed by atoms with E-state index in [2.05, 4.69) is 15.5 Å². The average molecular weight is 285 g/mol. The van der Waals surface area contributed by atoms with Crippen molar-refractivity contribution < 1.29 is 9.13 Å². The van der Waals surface area contributed by atoms with Gasteiger partial charge in [-0.15, -0.1) is 5.10 Å². The van der Waals surface area contributed by atoms with Crippen LogP contribution in [0.4, 0.5) is 10.1 Å². The Kier molecular flexibility index (Phi) is 3.23. The average Bonchev–Trinajstić information content (AvgIpc) is 2.97. The predicted octanol–water partition coefficient (Wildman–Crippen LogP) is 2.06. The number of halogens is 1. The normalized spacial score (nSPS) is 10.6. The van der Waals surface area contributed by atoms with E-state index in [1.807, 2.05) is 0 Å². The molecule has 3 rings (SSSR count). The standard InChI is InChI=1S/C14H12FN5O/c1-21-13-8-10(16)4-7-12(13)14-17-18-19-20(14)11-5-2-9(15)3-6-11/h2-8H,16H2,1H3. The first-order valence-electron chi connectivity index (χ1n) is 6.17. The largest absolute Gasteiger partial charge is 0.496 e. The second-order valence-electron chi connectivity index (χ2n) is 4.35. The summed E-state index contributed by atoms with van der Waals surface area (Å²) in [5.74, 6) is 0.727. The van der Waals surface area contributed by atoms with E-state index >= 15 is 0 Å². The fourth-order valence-electron chi connectivity index (χ4n) is 2.00. The quantitative estimate of drug-likeness (QED) is 0.745. The summed E-state index contributed by atoms with van der Waals surface area (Å²) in [6.07, 6.45) is 0. The SMILES string of the molecule is COc1cc(N)ccc1-c1nnnn1-c1ccc(F)cc1. The minimum absolute atomic E-state index is 0.321. The highest BCUT2D eigenvalue weighted by Gasteiger charge is 2.15. The van der Waals surface area contributed by atoms with Gasteiger partial charge in [-0.1, -0.05) is 0 Å². The maximum atomic E-state index is 13.0. The van der Waals surface area contributed by atoms with Crippen LogP contribution in [0.1, 0.15) is 0 Å². The number of nitrogen functional groups attached to an aromatic ring is 1. The number of rotatable bonds is 3. The van der Waals surface area contributed by atoms with Gasteiger partial charge in [-0.25, -0.2) is 4.39 Å². The summed E-state index contributed by atoms with van der Waals surface area (Å²) in [5.41, 5.74) is 7.67. The van der Waals surface area contributed by atoms with Crippen LogP contribution in [0.15, 0.2) is 42.5 Å². The molecule has 0 aliphatic heterocycles. The minimum atomic E-state index is -0.321. The Balaban J connectivity index is 2.13. The third-order valence-electron chi connectivity index (χ3n) is 3.01. The Morgan fingerprint density at radius 2 is 1.90 bits per heavy atom. The highest BCUT2D eigenvalue weighted by molar-refractivity contribution is 5.68. The topological polar surface area (TPSA) is 78.8 Å². The van der Waals surface area contributed by atoms with Gasteiger partial charge < -0.3 is 10.5 Å². The summed E-state index contributed by atoms with van der Waals surface area (Å²) in [5, 5.41) is 11.6. The van der Waals surface area contributed by atoms with Gasteiger partial charge in [0.25, 0.3) is 0 Å². The monoisotopic (exact) mass is 285 g/mol. The highest BCUT2D eigenvalue weighted by Crippen LogP contribution is 2.30. The zero-order chi connectivity index (χ0) is 14.8. The molecule has 0 aliphatic carbocycles. The van der Waals surface area contributed by atoms with E-state index in [-0.39, 0.29) is 5.82 Å². The lowest BCUT2D eigenvalue weighted by Gasteiger charge is -2.09. The van der Waals surface area contributed by atoms with Gasteiger partial charge in [0.05, 0.1) is 18.4 Å². The van der Waals surface area contributed by atoms with Crippen LogP contribution in [0, 0.1) is 5.82 Å². The van der Waals surface area contributed by atoms with Crippen molar-refractivity contribution in [2.75, 3.05) is 12.8 Å². The zero-order valence-electron chi connectivity index (χ0n) is 11.2. The number of aromatic nitrogens is 4. The number of anilines is 1. The molecule has 2 N–H and O–H groups in total. The molecule has 7 heteroatoms. The van der Waals surface area contributed by atoms with Crippen molar-refractivity contribution in [2.45, 2.75) is 0 Å². The van der Waals surface area contributed by atoms with Crippen LogP contribution in [0.25, 0.3) is 17.1 Å². The third kappa shape index (κ3) is 2.40. The minimum Gasteiger partial charge on any atom is -0.496 e. The van der Waals surface area contributed by atoms with Crippen LogP contribution in [-0.2, 0) is 0 Å². The van der Waals surface area contributed by atoms with E-state index in [1.54, 1.807) is 37.4 Å². The number of tetrazole rings is 1. The smallest absolute Gasteiger partial charge is 0.190 e. The van der Waals surface area contributed by atoms with Crippen LogP contribution in [-0.4, -0.2) is 27.3 Å². The van der Waals surface area contributed by atoms with Crippen molar-refractivity contribution in [2.24, 2.45) is 0 Å². The number of hydrogen-bond acceptors (Lipinski definition) is 5. The molecule has 0 radical (unpaired) electrons. The number of ether oxygens (including phenoxy) is 1. The Morgan fingerprint density at radius 1 is 1.14 bits per heavy atom. The molecule has 0 fully saturated rings. The molecule has 0 aliphatic rings. The molecule has 3 aromatic rings. The van der Waals surface area contributed by atoms with E-state index in [4.69, 9.17) is 10.5 Å². The van der Waals surface area contributed by atoms with Crippen molar-refractivity contribution in [3.8, 4) is 22.8 Å². The lowest BCUT2D eigenvalue weighted by Crippen LogP contribution is -2.01. The molecule has 1 aromatic heterocycles. The van der Waals surface area contributed by atoms with Gasteiger partial charge >= 0.3 is 0 Å². The molecule has 0 saturated heterocycles. The van der Waals surface area contributed by atoms with Crippen LogP contribution >= 0.6 is 0 Å². The van der Waals surface area contributed by atoms with Gasteiger partial charge in [0.15, 0.2) is 5.82 Å². The third-order valence-corrected chi connectivity index (χ3v) is 3.01. The molecule has 21 heavy (non-hydrogen) atoms. The number of benzene rings is 2. The van der Waals surface area contributed by atoms with Gasteiger partial charge in [-0.3, -0.25) is 0 Å². The summed E-state index contributed by atoms with van der Waals surface area (Å²) < 4.78 is 19.8. The van der Waals surface area contributed by atoms with E-state index in [0.29, 0.717) is 28.5 Å². The summed E-state index contributed by atoms with van der Waals surface area (Å²) in [7, 11) is 1.55. The van der Waals surface area contributed by atoms with E-state index in [9.17, 15) is 4.39 Å². The molecule has 0 atom stereocenters. The number of nitrogens with two attached hydrogens (primary N) is 1. The van der Waals surface area contributed by atoms with Crippen LogP contribution in [0.2, 0.25) is 0 Å². The number of hydrogen-bond donors (Lipinski definition) is 1. The molecule has 0 unspecified atom stereocenters. The van der Waals surface area contributed by atoms with Crippen LogP contribution < -0.4 is 10.5 Å². The Bertz CT molecular complexity index is 769. The summed E-state index contributed by atoms with van der Waals surface area (Å²) >= 11 is 0. The van der Waals surface area contributed by atoms with E-state index in [0.717, 1.165) is 0 Å². The van der Waals surface area contributed by atoms with Crippen LogP contribution in [0.5, 0.6) is 5.75 Å². The molecule has 0 spiro atoms. The lowest BCUT2D eigenvalue weighted by molar-refractivity contribution is 0.416. The molecule has 0 saturated carbocycles. The molecule has 0 bridgehead atoms. The predicted molar refractivity (Wildman–Crippen MR) is 75.5 cm³/mol. The van der Waals surface area contributed by atoms with Crippen molar-refractivity contribution in [1.82, 2.24) is 20.2 Å². The zero-order valence-corrected chi connectivity index (χ0v) is 11.2. The molecule has 6 nitrogen and oxygen atoms in total. The van der Waals surface area contributed by atoms with Crippen molar-refractivity contribution >= 4 is 5.69 Å². The highest BCUT2D eigenvalue weighted by atomic mass is 19.1. The Hall–Kier alpha value is -2.96. The molecule has 1 heterocycles. The fourth-order valence-corrected chi connectivity index (χ4v) is 2.00. The van der Waals surface area contributed by atoms with Gasteiger partial charge in [0.1, 0.15) is 11.6 Å². The molecular weight excluding hydrogens is 273 g/mol. The molecule has 2 aromatic carbocycles. The maximum absolute atomic E-state index is 13.0. The van der Waals surface area contributed by atoms with Gasteiger partial charge in [-0.2, -0.15) is 4.68 Å². The summed E-state index contributed by atoms with van der Waals surface area (Å²) in [6.45, 7) is 0.